The lowest BCUT2D eigenvalue weighted by Gasteiger charge is -2.34. The average molecular weight is 211 g/mol. The maximum Gasteiger partial charge on any atom is 0.0181 e. The Kier molecular flexibility index (Phi) is 6.31. The Balaban J connectivity index is 2.42. The maximum absolute atomic E-state index is 3.85. The third-order valence-electron chi connectivity index (χ3n) is 3.82. The van der Waals surface area contributed by atoms with Gasteiger partial charge in [0.1, 0.15) is 0 Å². The fourth-order valence-electron chi connectivity index (χ4n) is 2.95. The highest BCUT2D eigenvalue weighted by Gasteiger charge is 2.28. The molecule has 0 saturated carbocycles. The normalized spacial score (nSPS) is 27.6. The smallest absolute Gasteiger partial charge is 0.0181 e. The molecule has 90 valence electrons. The van der Waals surface area contributed by atoms with E-state index in [0.29, 0.717) is 5.54 Å². The number of nitrogens with one attached hydrogen (secondary N) is 1. The van der Waals surface area contributed by atoms with Gasteiger partial charge in [0.25, 0.3) is 0 Å². The van der Waals surface area contributed by atoms with E-state index in [-0.39, 0.29) is 0 Å². The minimum Gasteiger partial charge on any atom is -0.311 e. The van der Waals surface area contributed by atoms with Crippen LogP contribution in [0.5, 0.6) is 0 Å². The zero-order valence-electron chi connectivity index (χ0n) is 10.8. The van der Waals surface area contributed by atoms with Crippen molar-refractivity contribution < 1.29 is 0 Å². The van der Waals surface area contributed by atoms with Crippen molar-refractivity contribution in [2.24, 2.45) is 0 Å². The van der Waals surface area contributed by atoms with Crippen molar-refractivity contribution in [3.05, 3.63) is 0 Å². The first-order valence-corrected chi connectivity index (χ1v) is 7.08. The molecular weight excluding hydrogens is 182 g/mol. The van der Waals surface area contributed by atoms with Crippen molar-refractivity contribution in [3.8, 4) is 0 Å². The Bertz CT molecular complexity index is 145. The SMILES string of the molecule is CCCCCC1(CCC)CCCCCN1. The van der Waals surface area contributed by atoms with Crippen LogP contribution in [0.1, 0.15) is 78.1 Å². The molecule has 1 rings (SSSR count). The molecule has 0 bridgehead atoms. The summed E-state index contributed by atoms with van der Waals surface area (Å²) in [6.07, 6.45) is 14.0. The molecule has 1 nitrogen and oxygen atoms in total. The van der Waals surface area contributed by atoms with E-state index >= 15 is 0 Å². The van der Waals surface area contributed by atoms with Crippen LogP contribution in [0.15, 0.2) is 0 Å². The predicted octanol–water partition coefficient (Wildman–Crippen LogP) is 4.27. The molecule has 1 saturated heterocycles. The molecule has 0 aliphatic carbocycles. The molecule has 0 aromatic carbocycles. The van der Waals surface area contributed by atoms with E-state index in [1.165, 1.54) is 70.8 Å². The lowest BCUT2D eigenvalue weighted by atomic mass is 9.83. The van der Waals surface area contributed by atoms with Gasteiger partial charge in [0.05, 0.1) is 0 Å². The van der Waals surface area contributed by atoms with Crippen LogP contribution in [-0.2, 0) is 0 Å². The molecular formula is C14H29N. The Labute approximate surface area is 96.0 Å². The second kappa shape index (κ2) is 7.27. The molecule has 1 fully saturated rings. The van der Waals surface area contributed by atoms with E-state index in [9.17, 15) is 0 Å². The standard InChI is InChI=1S/C14H29N/c1-3-5-7-11-14(10-4-2)12-8-6-9-13-15-14/h15H,3-13H2,1-2H3. The Morgan fingerprint density at radius 2 is 1.80 bits per heavy atom. The summed E-state index contributed by atoms with van der Waals surface area (Å²) >= 11 is 0. The van der Waals surface area contributed by atoms with Gasteiger partial charge in [-0.3, -0.25) is 0 Å². The van der Waals surface area contributed by atoms with E-state index in [4.69, 9.17) is 0 Å². The van der Waals surface area contributed by atoms with Crippen molar-refractivity contribution in [1.82, 2.24) is 5.32 Å². The third-order valence-corrected chi connectivity index (χ3v) is 3.82. The van der Waals surface area contributed by atoms with Gasteiger partial charge in [0.15, 0.2) is 0 Å². The molecule has 0 amide bonds. The minimum atomic E-state index is 0.514. The second-order valence-electron chi connectivity index (χ2n) is 5.22. The van der Waals surface area contributed by atoms with E-state index in [1.54, 1.807) is 0 Å². The summed E-state index contributed by atoms with van der Waals surface area (Å²) in [4.78, 5) is 0. The number of unbranched alkanes of at least 4 members (excludes halogenated alkanes) is 2. The minimum absolute atomic E-state index is 0.514. The van der Waals surface area contributed by atoms with Gasteiger partial charge in [-0.25, -0.2) is 0 Å². The quantitative estimate of drug-likeness (QED) is 0.647. The number of rotatable bonds is 6. The lowest BCUT2D eigenvalue weighted by Crippen LogP contribution is -2.44. The molecule has 0 radical (unpaired) electrons. The van der Waals surface area contributed by atoms with Crippen molar-refractivity contribution in [1.29, 1.82) is 0 Å². The summed E-state index contributed by atoms with van der Waals surface area (Å²) in [7, 11) is 0. The fraction of sp³-hybridized carbons (Fsp3) is 1.00. The fourth-order valence-corrected chi connectivity index (χ4v) is 2.95. The second-order valence-corrected chi connectivity index (χ2v) is 5.22. The largest absolute Gasteiger partial charge is 0.311 e. The molecule has 1 heterocycles. The molecule has 0 spiro atoms. The van der Waals surface area contributed by atoms with Gasteiger partial charge >= 0.3 is 0 Å². The maximum atomic E-state index is 3.85. The van der Waals surface area contributed by atoms with E-state index in [1.807, 2.05) is 0 Å². The first-order chi connectivity index (χ1) is 7.33. The van der Waals surface area contributed by atoms with Crippen molar-refractivity contribution in [2.75, 3.05) is 6.54 Å². The van der Waals surface area contributed by atoms with E-state index < -0.39 is 0 Å². The number of hydrogen-bond acceptors (Lipinski definition) is 1. The Hall–Kier alpha value is -0.0400. The van der Waals surface area contributed by atoms with Gasteiger partial charge in [-0.1, -0.05) is 52.4 Å². The van der Waals surface area contributed by atoms with Crippen LogP contribution in [-0.4, -0.2) is 12.1 Å². The van der Waals surface area contributed by atoms with Crippen molar-refractivity contribution >= 4 is 0 Å². The summed E-state index contributed by atoms with van der Waals surface area (Å²) in [5.74, 6) is 0. The van der Waals surface area contributed by atoms with Crippen LogP contribution in [0.3, 0.4) is 0 Å². The molecule has 1 N–H and O–H groups in total. The van der Waals surface area contributed by atoms with Gasteiger partial charge in [-0.2, -0.15) is 0 Å². The van der Waals surface area contributed by atoms with E-state index in [0.717, 1.165) is 0 Å². The highest BCUT2D eigenvalue weighted by Crippen LogP contribution is 2.29. The zero-order chi connectivity index (χ0) is 11.0. The summed E-state index contributed by atoms with van der Waals surface area (Å²) in [6, 6.07) is 0. The highest BCUT2D eigenvalue weighted by atomic mass is 15.0. The highest BCUT2D eigenvalue weighted by molar-refractivity contribution is 4.89. The van der Waals surface area contributed by atoms with Crippen LogP contribution in [0, 0.1) is 0 Å². The molecule has 15 heavy (non-hydrogen) atoms. The molecule has 0 aromatic rings. The van der Waals surface area contributed by atoms with Gasteiger partial charge in [0.2, 0.25) is 0 Å². The van der Waals surface area contributed by atoms with Crippen LogP contribution in [0.4, 0.5) is 0 Å². The zero-order valence-corrected chi connectivity index (χ0v) is 10.8. The average Bonchev–Trinajstić information content (AvgIpc) is 2.45. The molecule has 1 atom stereocenters. The predicted molar refractivity (Wildman–Crippen MR) is 68.3 cm³/mol. The van der Waals surface area contributed by atoms with Crippen molar-refractivity contribution in [2.45, 2.75) is 83.6 Å². The molecule has 1 aliphatic rings. The number of hydrogen-bond donors (Lipinski definition) is 1. The van der Waals surface area contributed by atoms with Gasteiger partial charge in [-0.05, 0) is 32.2 Å². The van der Waals surface area contributed by atoms with Gasteiger partial charge in [0, 0.05) is 5.54 Å². The summed E-state index contributed by atoms with van der Waals surface area (Å²) in [5.41, 5.74) is 0.514. The molecule has 0 aromatic heterocycles. The molecule has 1 heteroatoms. The lowest BCUT2D eigenvalue weighted by molar-refractivity contribution is 0.262. The van der Waals surface area contributed by atoms with Crippen LogP contribution >= 0.6 is 0 Å². The summed E-state index contributed by atoms with van der Waals surface area (Å²) in [5, 5.41) is 3.85. The first kappa shape index (κ1) is 13.0. The molecule has 1 unspecified atom stereocenters. The summed E-state index contributed by atoms with van der Waals surface area (Å²) in [6.45, 7) is 5.88. The van der Waals surface area contributed by atoms with Crippen LogP contribution in [0.25, 0.3) is 0 Å². The monoisotopic (exact) mass is 211 g/mol. The Morgan fingerprint density at radius 3 is 2.53 bits per heavy atom. The van der Waals surface area contributed by atoms with Gasteiger partial charge < -0.3 is 5.32 Å². The van der Waals surface area contributed by atoms with Crippen molar-refractivity contribution in [3.63, 3.8) is 0 Å². The molecule has 1 aliphatic heterocycles. The third kappa shape index (κ3) is 4.55. The van der Waals surface area contributed by atoms with Crippen LogP contribution in [0.2, 0.25) is 0 Å². The Morgan fingerprint density at radius 1 is 0.933 bits per heavy atom. The summed E-state index contributed by atoms with van der Waals surface area (Å²) < 4.78 is 0. The van der Waals surface area contributed by atoms with Gasteiger partial charge in [-0.15, -0.1) is 0 Å². The van der Waals surface area contributed by atoms with E-state index in [2.05, 4.69) is 19.2 Å². The van der Waals surface area contributed by atoms with Crippen LogP contribution < -0.4 is 5.32 Å². The topological polar surface area (TPSA) is 12.0 Å². The first-order valence-electron chi connectivity index (χ1n) is 7.08.